The molecule has 0 unspecified atom stereocenters. The molecular weight excluding hydrogens is 294 g/mol. The van der Waals surface area contributed by atoms with Gasteiger partial charge in [-0.1, -0.05) is 11.6 Å². The van der Waals surface area contributed by atoms with Crippen LogP contribution in [0.1, 0.15) is 13.8 Å². The second-order valence-electron chi connectivity index (χ2n) is 4.74. The van der Waals surface area contributed by atoms with Gasteiger partial charge in [-0.25, -0.2) is 18.5 Å². The third kappa shape index (κ3) is 2.03. The van der Waals surface area contributed by atoms with Crippen LogP contribution in [0.2, 0.25) is 5.02 Å². The van der Waals surface area contributed by atoms with Crippen molar-refractivity contribution >= 4 is 35.1 Å². The molecule has 20 heavy (non-hydrogen) atoms. The topological polar surface area (TPSA) is 66.5 Å². The summed E-state index contributed by atoms with van der Waals surface area (Å²) in [6.07, 6.45) is 0. The van der Waals surface area contributed by atoms with Crippen LogP contribution in [0.15, 0.2) is 12.1 Å². The third-order valence-electron chi connectivity index (χ3n) is 2.93. The number of carbonyl (C=O) groups is 3. The molecule has 1 aromatic carbocycles. The van der Waals surface area contributed by atoms with E-state index in [1.807, 2.05) is 5.32 Å². The number of nitrogens with one attached hydrogen (secondary N) is 1. The van der Waals surface area contributed by atoms with Crippen molar-refractivity contribution in [3.8, 4) is 0 Å². The Hall–Kier alpha value is -2.02. The Morgan fingerprint density at radius 3 is 2.35 bits per heavy atom. The van der Waals surface area contributed by atoms with E-state index in [2.05, 4.69) is 0 Å². The van der Waals surface area contributed by atoms with Gasteiger partial charge < -0.3 is 0 Å². The molecule has 1 aromatic rings. The summed E-state index contributed by atoms with van der Waals surface area (Å²) in [7, 11) is 0. The Bertz CT molecular complexity index is 623. The molecule has 4 amide bonds. The van der Waals surface area contributed by atoms with Crippen LogP contribution >= 0.6 is 11.6 Å². The van der Waals surface area contributed by atoms with Gasteiger partial charge in [-0.2, -0.15) is 0 Å². The first-order valence-corrected chi connectivity index (χ1v) is 5.88. The fourth-order valence-electron chi connectivity index (χ4n) is 1.73. The molecule has 1 N–H and O–H groups in total. The quantitative estimate of drug-likeness (QED) is 0.809. The Morgan fingerprint density at radius 1 is 1.20 bits per heavy atom. The van der Waals surface area contributed by atoms with E-state index in [1.54, 1.807) is 0 Å². The Labute approximate surface area is 117 Å². The number of rotatable bonds is 1. The molecule has 0 saturated carbocycles. The predicted molar refractivity (Wildman–Crippen MR) is 66.2 cm³/mol. The molecule has 8 heteroatoms. The van der Waals surface area contributed by atoms with Crippen LogP contribution in [0.4, 0.5) is 19.3 Å². The highest BCUT2D eigenvalue weighted by Crippen LogP contribution is 2.35. The van der Waals surface area contributed by atoms with Gasteiger partial charge in [-0.15, -0.1) is 0 Å². The maximum Gasteiger partial charge on any atom is 0.335 e. The third-order valence-corrected chi connectivity index (χ3v) is 3.22. The van der Waals surface area contributed by atoms with E-state index in [1.165, 1.54) is 13.8 Å². The average molecular weight is 303 g/mol. The van der Waals surface area contributed by atoms with Crippen LogP contribution in [0, 0.1) is 17.0 Å². The van der Waals surface area contributed by atoms with Crippen molar-refractivity contribution in [1.29, 1.82) is 0 Å². The number of hydrogen-bond acceptors (Lipinski definition) is 3. The van der Waals surface area contributed by atoms with E-state index in [0.29, 0.717) is 11.0 Å². The van der Waals surface area contributed by atoms with Crippen molar-refractivity contribution in [3.63, 3.8) is 0 Å². The number of benzene rings is 1. The second-order valence-corrected chi connectivity index (χ2v) is 5.15. The molecule has 0 spiro atoms. The molecule has 2 rings (SSSR count). The van der Waals surface area contributed by atoms with E-state index in [0.717, 1.165) is 6.07 Å². The summed E-state index contributed by atoms with van der Waals surface area (Å²) in [5.74, 6) is -3.87. The number of carbonyl (C=O) groups excluding carboxylic acids is 3. The van der Waals surface area contributed by atoms with Crippen molar-refractivity contribution in [2.24, 2.45) is 5.41 Å². The number of nitrogens with zero attached hydrogens (tertiary/aromatic N) is 1. The Balaban J connectivity index is 2.60. The first-order chi connectivity index (χ1) is 9.16. The number of barbiturate groups is 1. The largest absolute Gasteiger partial charge is 0.335 e. The molecule has 1 saturated heterocycles. The van der Waals surface area contributed by atoms with Gasteiger partial charge in [0.25, 0.3) is 0 Å². The molecule has 0 bridgehead atoms. The zero-order chi connectivity index (χ0) is 15.2. The summed E-state index contributed by atoms with van der Waals surface area (Å²) in [5, 5.41) is 1.48. The molecule has 0 atom stereocenters. The molecule has 1 heterocycles. The van der Waals surface area contributed by atoms with Gasteiger partial charge in [0.05, 0.1) is 5.02 Å². The number of imide groups is 2. The van der Waals surface area contributed by atoms with Gasteiger partial charge >= 0.3 is 6.03 Å². The van der Waals surface area contributed by atoms with Gasteiger partial charge in [-0.05, 0) is 19.9 Å². The molecule has 1 aliphatic rings. The minimum Gasteiger partial charge on any atom is -0.276 e. The number of anilines is 1. The average Bonchev–Trinajstić information content (AvgIpc) is 2.30. The van der Waals surface area contributed by atoms with Crippen molar-refractivity contribution in [2.45, 2.75) is 13.8 Å². The van der Waals surface area contributed by atoms with E-state index in [-0.39, 0.29) is 0 Å². The minimum absolute atomic E-state index is 0.401. The summed E-state index contributed by atoms with van der Waals surface area (Å²) in [4.78, 5) is 35.9. The van der Waals surface area contributed by atoms with Crippen molar-refractivity contribution in [3.05, 3.63) is 28.8 Å². The van der Waals surface area contributed by atoms with Crippen LogP contribution in [0.25, 0.3) is 0 Å². The summed E-state index contributed by atoms with van der Waals surface area (Å²) in [5.41, 5.74) is -2.16. The minimum atomic E-state index is -1.57. The van der Waals surface area contributed by atoms with E-state index < -0.39 is 45.6 Å². The maximum atomic E-state index is 13.8. The van der Waals surface area contributed by atoms with Crippen LogP contribution in [-0.2, 0) is 9.59 Å². The lowest BCUT2D eigenvalue weighted by Gasteiger charge is -2.34. The summed E-state index contributed by atoms with van der Waals surface area (Å²) >= 11 is 5.69. The fraction of sp³-hybridized carbons (Fsp3) is 0.250. The normalized spacial score (nSPS) is 18.2. The van der Waals surface area contributed by atoms with Gasteiger partial charge in [0.2, 0.25) is 11.8 Å². The standard InChI is InChI=1S/C12H9ClF2N2O3/c1-12(2)9(18)16-11(20)17(10(12)19)8-6(13)3-5(14)4-7(8)15/h3-4H,1-2H3,(H,16,18,20). The smallest absolute Gasteiger partial charge is 0.276 e. The Kier molecular flexibility index (Phi) is 3.25. The monoisotopic (exact) mass is 302 g/mol. The van der Waals surface area contributed by atoms with Crippen LogP contribution < -0.4 is 10.2 Å². The maximum absolute atomic E-state index is 13.8. The first-order valence-electron chi connectivity index (χ1n) is 5.50. The highest BCUT2D eigenvalue weighted by Gasteiger charge is 2.48. The molecule has 5 nitrogen and oxygen atoms in total. The second kappa shape index (κ2) is 4.52. The van der Waals surface area contributed by atoms with E-state index in [4.69, 9.17) is 11.6 Å². The molecule has 106 valence electrons. The molecule has 1 fully saturated rings. The molecule has 1 aliphatic heterocycles. The van der Waals surface area contributed by atoms with E-state index in [9.17, 15) is 23.2 Å². The van der Waals surface area contributed by atoms with Crippen molar-refractivity contribution in [1.82, 2.24) is 5.32 Å². The van der Waals surface area contributed by atoms with Gasteiger partial charge in [0.1, 0.15) is 16.9 Å². The predicted octanol–water partition coefficient (Wildman–Crippen LogP) is 2.23. The Morgan fingerprint density at radius 2 is 1.80 bits per heavy atom. The van der Waals surface area contributed by atoms with Crippen molar-refractivity contribution < 1.29 is 23.2 Å². The van der Waals surface area contributed by atoms with Crippen LogP contribution in [0.5, 0.6) is 0 Å². The SMILES string of the molecule is CC1(C)C(=O)NC(=O)N(c2c(F)cc(F)cc2Cl)C1=O. The number of urea groups is 1. The van der Waals surface area contributed by atoms with Crippen LogP contribution in [0.3, 0.4) is 0 Å². The van der Waals surface area contributed by atoms with Gasteiger partial charge in [0.15, 0.2) is 5.82 Å². The highest BCUT2D eigenvalue weighted by molar-refractivity contribution is 6.37. The zero-order valence-electron chi connectivity index (χ0n) is 10.5. The first kappa shape index (κ1) is 14.4. The van der Waals surface area contributed by atoms with Gasteiger partial charge in [0, 0.05) is 6.07 Å². The van der Waals surface area contributed by atoms with Crippen LogP contribution in [-0.4, -0.2) is 17.8 Å². The summed E-state index contributed by atoms with van der Waals surface area (Å²) in [6, 6.07) is 0.126. The molecule has 0 radical (unpaired) electrons. The lowest BCUT2D eigenvalue weighted by atomic mass is 9.88. The number of hydrogen-bond donors (Lipinski definition) is 1. The van der Waals surface area contributed by atoms with E-state index >= 15 is 0 Å². The zero-order valence-corrected chi connectivity index (χ0v) is 11.2. The fourth-order valence-corrected chi connectivity index (χ4v) is 2.01. The highest BCUT2D eigenvalue weighted by atomic mass is 35.5. The summed E-state index contributed by atoms with van der Waals surface area (Å²) in [6.45, 7) is 2.55. The lowest BCUT2D eigenvalue weighted by Crippen LogP contribution is -2.62. The van der Waals surface area contributed by atoms with Gasteiger partial charge in [-0.3, -0.25) is 14.9 Å². The molecule has 0 aromatic heterocycles. The number of amides is 4. The number of halogens is 3. The van der Waals surface area contributed by atoms with Crippen molar-refractivity contribution in [2.75, 3.05) is 4.90 Å². The molecular formula is C12H9ClF2N2O3. The lowest BCUT2D eigenvalue weighted by molar-refractivity contribution is -0.140. The summed E-state index contributed by atoms with van der Waals surface area (Å²) < 4.78 is 26.8. The molecule has 0 aliphatic carbocycles.